The summed E-state index contributed by atoms with van der Waals surface area (Å²) in [5, 5.41) is 0.807. The van der Waals surface area contributed by atoms with Crippen LogP contribution in [-0.4, -0.2) is 6.61 Å². The van der Waals surface area contributed by atoms with E-state index < -0.39 is 17.5 Å². The van der Waals surface area contributed by atoms with Crippen LogP contribution in [0.25, 0.3) is 10.8 Å². The maximum absolute atomic E-state index is 14.3. The van der Waals surface area contributed by atoms with Crippen molar-refractivity contribution in [3.8, 4) is 29.4 Å². The van der Waals surface area contributed by atoms with Gasteiger partial charge >= 0.3 is 0 Å². The van der Waals surface area contributed by atoms with E-state index in [1.54, 1.807) is 24.3 Å². The number of allylic oxidation sites excluding steroid dienone is 1. The van der Waals surface area contributed by atoms with Crippen molar-refractivity contribution in [1.82, 2.24) is 0 Å². The van der Waals surface area contributed by atoms with Gasteiger partial charge in [-0.05, 0) is 66.9 Å². The highest BCUT2D eigenvalue weighted by Gasteiger charge is 2.06. The fourth-order valence-corrected chi connectivity index (χ4v) is 3.19. The maximum atomic E-state index is 14.3. The topological polar surface area (TPSA) is 9.23 Å². The van der Waals surface area contributed by atoms with Gasteiger partial charge in [-0.1, -0.05) is 48.0 Å². The highest BCUT2D eigenvalue weighted by atomic mass is 19.2. The van der Waals surface area contributed by atoms with Gasteiger partial charge in [0, 0.05) is 28.1 Å². The van der Waals surface area contributed by atoms with Gasteiger partial charge in [0.05, 0.1) is 5.56 Å². The van der Waals surface area contributed by atoms with Crippen LogP contribution in [0, 0.1) is 41.1 Å². The molecule has 4 heteroatoms. The second-order valence-corrected chi connectivity index (χ2v) is 7.40. The minimum atomic E-state index is -0.872. The molecule has 34 heavy (non-hydrogen) atoms. The minimum absolute atomic E-state index is 0.223. The maximum Gasteiger partial charge on any atom is 0.166 e. The van der Waals surface area contributed by atoms with Gasteiger partial charge in [0.15, 0.2) is 11.6 Å². The largest absolute Gasteiger partial charge is 0.489 e. The molecule has 0 fully saturated rings. The van der Waals surface area contributed by atoms with E-state index in [9.17, 15) is 13.2 Å². The number of hydrogen-bond acceptors (Lipinski definition) is 1. The summed E-state index contributed by atoms with van der Waals surface area (Å²) in [7, 11) is 0. The van der Waals surface area contributed by atoms with Gasteiger partial charge in [0.1, 0.15) is 18.2 Å². The molecule has 1 nitrogen and oxygen atoms in total. The molecule has 0 atom stereocenters. The molecule has 0 aliphatic heterocycles. The first-order chi connectivity index (χ1) is 16.5. The summed E-state index contributed by atoms with van der Waals surface area (Å²) in [5.41, 5.74) is 2.47. The molecule has 0 unspecified atom stereocenters. The van der Waals surface area contributed by atoms with E-state index in [0.717, 1.165) is 17.2 Å². The van der Waals surface area contributed by atoms with Gasteiger partial charge in [-0.15, -0.1) is 0 Å². The lowest BCUT2D eigenvalue weighted by Crippen LogP contribution is -1.94. The molecule has 0 N–H and O–H groups in total. The first-order valence-electron chi connectivity index (χ1n) is 10.6. The van der Waals surface area contributed by atoms with Gasteiger partial charge in [-0.2, -0.15) is 0 Å². The number of ether oxygens (including phenoxy) is 1. The number of rotatable bonds is 3. The standard InChI is InChI=1S/C30H19F3O/c1-2-3-18-34-26-15-13-24(29(32)20-26)12-10-22-6-4-21(5-7-22)8-9-23-11-16-27-25(19-23)14-17-28(31)30(27)33/h2-7,11,13-17,19-20H,18H2,1H3/b3-2+. The lowest BCUT2D eigenvalue weighted by Gasteiger charge is -2.03. The third kappa shape index (κ3) is 5.49. The normalized spacial score (nSPS) is 10.5. The molecule has 0 aliphatic carbocycles. The lowest BCUT2D eigenvalue weighted by molar-refractivity contribution is 0.360. The van der Waals surface area contributed by atoms with Crippen molar-refractivity contribution in [3.63, 3.8) is 0 Å². The van der Waals surface area contributed by atoms with E-state index >= 15 is 0 Å². The van der Waals surface area contributed by atoms with E-state index in [4.69, 9.17) is 4.74 Å². The average Bonchev–Trinajstić information content (AvgIpc) is 2.85. The molecule has 0 spiro atoms. The third-order valence-electron chi connectivity index (χ3n) is 5.01. The fraction of sp³-hybridized carbons (Fsp3) is 0.0667. The first kappa shape index (κ1) is 22.8. The van der Waals surface area contributed by atoms with E-state index in [0.29, 0.717) is 23.3 Å². The van der Waals surface area contributed by atoms with Crippen LogP contribution in [0.15, 0.2) is 84.9 Å². The highest BCUT2D eigenvalue weighted by Crippen LogP contribution is 2.21. The quantitative estimate of drug-likeness (QED) is 0.240. The Kier molecular flexibility index (Phi) is 7.01. The molecular formula is C30H19F3O. The SMILES string of the molecule is C/C=C/COc1ccc(C#Cc2ccc(C#Cc3ccc4c(F)c(F)ccc4c3)cc2)c(F)c1. The monoisotopic (exact) mass is 452 g/mol. The van der Waals surface area contributed by atoms with Gasteiger partial charge in [-0.25, -0.2) is 13.2 Å². The van der Waals surface area contributed by atoms with E-state index in [2.05, 4.69) is 23.7 Å². The molecule has 0 heterocycles. The van der Waals surface area contributed by atoms with Crippen LogP contribution in [0.4, 0.5) is 13.2 Å². The summed E-state index contributed by atoms with van der Waals surface area (Å²) < 4.78 is 46.9. The number of halogens is 3. The Labute approximate surface area is 196 Å². The smallest absolute Gasteiger partial charge is 0.166 e. The Bertz CT molecular complexity index is 1490. The molecule has 0 saturated carbocycles. The predicted molar refractivity (Wildman–Crippen MR) is 129 cm³/mol. The predicted octanol–water partition coefficient (Wildman–Crippen LogP) is 7.01. The van der Waals surface area contributed by atoms with Gasteiger partial charge < -0.3 is 4.74 Å². The van der Waals surface area contributed by atoms with E-state index in [1.165, 1.54) is 18.2 Å². The Hall–Kier alpha value is -4.41. The summed E-state index contributed by atoms with van der Waals surface area (Å²) in [6.07, 6.45) is 3.70. The van der Waals surface area contributed by atoms with Crippen LogP contribution in [-0.2, 0) is 0 Å². The number of fused-ring (bicyclic) bond motifs is 1. The van der Waals surface area contributed by atoms with Crippen LogP contribution in [0.2, 0.25) is 0 Å². The molecule has 0 aliphatic rings. The van der Waals surface area contributed by atoms with Crippen molar-refractivity contribution in [2.75, 3.05) is 6.61 Å². The Balaban J connectivity index is 1.46. The number of hydrogen-bond donors (Lipinski definition) is 0. The molecule has 0 bridgehead atoms. The summed E-state index contributed by atoms with van der Waals surface area (Å²) in [4.78, 5) is 0. The van der Waals surface area contributed by atoms with Crippen LogP contribution in [0.1, 0.15) is 29.2 Å². The van der Waals surface area contributed by atoms with Crippen molar-refractivity contribution in [2.45, 2.75) is 6.92 Å². The third-order valence-corrected chi connectivity index (χ3v) is 5.01. The van der Waals surface area contributed by atoms with Crippen molar-refractivity contribution < 1.29 is 17.9 Å². The molecule has 4 rings (SSSR count). The molecule has 0 radical (unpaired) electrons. The highest BCUT2D eigenvalue weighted by molar-refractivity contribution is 5.84. The Morgan fingerprint density at radius 3 is 2.09 bits per heavy atom. The zero-order chi connectivity index (χ0) is 23.9. The Morgan fingerprint density at radius 1 is 0.706 bits per heavy atom. The van der Waals surface area contributed by atoms with Crippen LogP contribution < -0.4 is 4.74 Å². The second-order valence-electron chi connectivity index (χ2n) is 7.40. The van der Waals surface area contributed by atoms with Gasteiger partial charge in [0.2, 0.25) is 0 Å². The zero-order valence-corrected chi connectivity index (χ0v) is 18.3. The van der Waals surface area contributed by atoms with Gasteiger partial charge in [0.25, 0.3) is 0 Å². The number of benzene rings is 4. The molecular weight excluding hydrogens is 433 g/mol. The molecule has 0 saturated heterocycles. The summed E-state index contributed by atoms with van der Waals surface area (Å²) in [6.45, 7) is 2.27. The molecule has 0 aromatic heterocycles. The van der Waals surface area contributed by atoms with Crippen molar-refractivity contribution in [3.05, 3.63) is 125 Å². The lowest BCUT2D eigenvalue weighted by atomic mass is 10.1. The summed E-state index contributed by atoms with van der Waals surface area (Å²) in [6, 6.07) is 19.4. The molecule has 0 amide bonds. The van der Waals surface area contributed by atoms with Crippen LogP contribution in [0.3, 0.4) is 0 Å². The van der Waals surface area contributed by atoms with E-state index in [-0.39, 0.29) is 10.9 Å². The molecule has 4 aromatic carbocycles. The van der Waals surface area contributed by atoms with Crippen LogP contribution in [0.5, 0.6) is 5.75 Å². The zero-order valence-electron chi connectivity index (χ0n) is 18.3. The minimum Gasteiger partial charge on any atom is -0.489 e. The fourth-order valence-electron chi connectivity index (χ4n) is 3.19. The van der Waals surface area contributed by atoms with Crippen molar-refractivity contribution >= 4 is 10.8 Å². The van der Waals surface area contributed by atoms with Gasteiger partial charge in [-0.3, -0.25) is 0 Å². The average molecular weight is 452 g/mol. The molecule has 166 valence electrons. The second kappa shape index (κ2) is 10.5. The molecule has 4 aromatic rings. The van der Waals surface area contributed by atoms with Crippen LogP contribution >= 0.6 is 0 Å². The first-order valence-corrected chi connectivity index (χ1v) is 10.6. The summed E-state index contributed by atoms with van der Waals surface area (Å²) in [5.74, 6) is 10.1. The van der Waals surface area contributed by atoms with E-state index in [1.807, 2.05) is 43.3 Å². The summed E-state index contributed by atoms with van der Waals surface area (Å²) >= 11 is 0. The Morgan fingerprint density at radius 2 is 1.38 bits per heavy atom. The van der Waals surface area contributed by atoms with Crippen molar-refractivity contribution in [1.29, 1.82) is 0 Å². The van der Waals surface area contributed by atoms with Crippen molar-refractivity contribution in [2.24, 2.45) is 0 Å².